The SMILES string of the molecule is Cc1c(-c2nnc(C3(Cc4ccccc4)CC3)s2)nn(-c2ccc(Cl)cc2Cl)c1-c1ccc(Cl)cc1. The van der Waals surface area contributed by atoms with Crippen molar-refractivity contribution in [1.29, 1.82) is 0 Å². The van der Waals surface area contributed by atoms with Gasteiger partial charge >= 0.3 is 0 Å². The maximum atomic E-state index is 6.61. The number of nitrogens with zero attached hydrogens (tertiary/aromatic N) is 4. The highest BCUT2D eigenvalue weighted by atomic mass is 35.5. The van der Waals surface area contributed by atoms with E-state index in [9.17, 15) is 0 Å². The molecular weight excluding hydrogens is 531 g/mol. The first-order chi connectivity index (χ1) is 17.4. The molecule has 0 atom stereocenters. The minimum atomic E-state index is 0.0756. The predicted octanol–water partition coefficient (Wildman–Crippen LogP) is 8.60. The van der Waals surface area contributed by atoms with Crippen LogP contribution in [0, 0.1) is 6.92 Å². The van der Waals surface area contributed by atoms with E-state index in [1.54, 1.807) is 17.4 Å². The molecule has 1 saturated carbocycles. The molecule has 8 heteroatoms. The summed E-state index contributed by atoms with van der Waals surface area (Å²) >= 11 is 20.6. The van der Waals surface area contributed by atoms with Crippen molar-refractivity contribution in [2.24, 2.45) is 0 Å². The van der Waals surface area contributed by atoms with Crippen LogP contribution in [0.3, 0.4) is 0 Å². The topological polar surface area (TPSA) is 43.6 Å². The lowest BCUT2D eigenvalue weighted by Crippen LogP contribution is -2.10. The van der Waals surface area contributed by atoms with Gasteiger partial charge in [0.15, 0.2) is 5.01 Å². The van der Waals surface area contributed by atoms with E-state index < -0.39 is 0 Å². The maximum absolute atomic E-state index is 6.61. The van der Waals surface area contributed by atoms with Crippen molar-refractivity contribution in [1.82, 2.24) is 20.0 Å². The molecule has 1 aliphatic carbocycles. The summed E-state index contributed by atoms with van der Waals surface area (Å²) in [4.78, 5) is 0. The molecule has 2 aromatic heterocycles. The van der Waals surface area contributed by atoms with Crippen molar-refractivity contribution in [3.05, 3.63) is 104 Å². The summed E-state index contributed by atoms with van der Waals surface area (Å²) in [7, 11) is 0. The van der Waals surface area contributed by atoms with Crippen LogP contribution in [-0.4, -0.2) is 20.0 Å². The predicted molar refractivity (Wildman–Crippen MR) is 149 cm³/mol. The van der Waals surface area contributed by atoms with Crippen molar-refractivity contribution in [3.8, 4) is 27.6 Å². The zero-order valence-electron chi connectivity index (χ0n) is 19.4. The van der Waals surface area contributed by atoms with Gasteiger partial charge in [0.25, 0.3) is 0 Å². The number of hydrogen-bond acceptors (Lipinski definition) is 4. The molecule has 0 unspecified atom stereocenters. The minimum absolute atomic E-state index is 0.0756. The van der Waals surface area contributed by atoms with Gasteiger partial charge in [0, 0.05) is 26.6 Å². The smallest absolute Gasteiger partial charge is 0.168 e. The lowest BCUT2D eigenvalue weighted by Gasteiger charge is -2.11. The van der Waals surface area contributed by atoms with Crippen molar-refractivity contribution >= 4 is 46.1 Å². The van der Waals surface area contributed by atoms with Gasteiger partial charge in [-0.15, -0.1) is 10.2 Å². The third kappa shape index (κ3) is 4.35. The first-order valence-electron chi connectivity index (χ1n) is 11.6. The molecule has 1 aliphatic rings. The van der Waals surface area contributed by atoms with E-state index in [0.29, 0.717) is 15.1 Å². The third-order valence-electron chi connectivity index (χ3n) is 6.70. The highest BCUT2D eigenvalue weighted by molar-refractivity contribution is 7.14. The summed E-state index contributed by atoms with van der Waals surface area (Å²) in [6.45, 7) is 2.06. The fraction of sp³-hybridized carbons (Fsp3) is 0.179. The van der Waals surface area contributed by atoms with E-state index in [-0.39, 0.29) is 5.41 Å². The number of halogens is 3. The Labute approximate surface area is 228 Å². The molecule has 6 rings (SSSR count). The van der Waals surface area contributed by atoms with Gasteiger partial charge in [0.05, 0.1) is 16.4 Å². The Bertz CT molecular complexity index is 1550. The van der Waals surface area contributed by atoms with E-state index in [1.807, 2.05) is 41.1 Å². The van der Waals surface area contributed by atoms with Gasteiger partial charge in [0.1, 0.15) is 10.7 Å². The number of rotatable bonds is 6. The highest BCUT2D eigenvalue weighted by Crippen LogP contribution is 2.52. The van der Waals surface area contributed by atoms with E-state index in [2.05, 4.69) is 47.5 Å². The van der Waals surface area contributed by atoms with E-state index in [4.69, 9.17) is 39.9 Å². The maximum Gasteiger partial charge on any atom is 0.168 e. The molecule has 0 amide bonds. The molecule has 5 aromatic rings. The van der Waals surface area contributed by atoms with Gasteiger partial charge in [-0.3, -0.25) is 0 Å². The Morgan fingerprint density at radius 2 is 1.61 bits per heavy atom. The van der Waals surface area contributed by atoms with Crippen LogP contribution in [0.5, 0.6) is 0 Å². The molecule has 0 spiro atoms. The van der Waals surface area contributed by atoms with Crippen LogP contribution in [0.4, 0.5) is 0 Å². The zero-order chi connectivity index (χ0) is 24.9. The molecule has 0 saturated heterocycles. The van der Waals surface area contributed by atoms with Gasteiger partial charge < -0.3 is 0 Å². The second kappa shape index (κ2) is 9.31. The van der Waals surface area contributed by atoms with Gasteiger partial charge in [0.2, 0.25) is 0 Å². The van der Waals surface area contributed by atoms with Crippen molar-refractivity contribution in [2.75, 3.05) is 0 Å². The Hall–Kier alpha value is -2.70. The second-order valence-corrected chi connectivity index (χ2v) is 11.4. The van der Waals surface area contributed by atoms with Crippen molar-refractivity contribution in [3.63, 3.8) is 0 Å². The van der Waals surface area contributed by atoms with E-state index in [0.717, 1.165) is 57.5 Å². The van der Waals surface area contributed by atoms with Crippen molar-refractivity contribution in [2.45, 2.75) is 31.6 Å². The summed E-state index contributed by atoms with van der Waals surface area (Å²) in [5.74, 6) is 0. The molecule has 36 heavy (non-hydrogen) atoms. The van der Waals surface area contributed by atoms with E-state index >= 15 is 0 Å². The molecule has 4 nitrogen and oxygen atoms in total. The Balaban J connectivity index is 1.44. The molecule has 180 valence electrons. The number of hydrogen-bond donors (Lipinski definition) is 0. The number of aromatic nitrogens is 4. The first kappa shape index (κ1) is 23.7. The molecule has 3 aromatic carbocycles. The Morgan fingerprint density at radius 3 is 2.31 bits per heavy atom. The summed E-state index contributed by atoms with van der Waals surface area (Å²) in [5, 5.41) is 17.9. The summed E-state index contributed by atoms with van der Waals surface area (Å²) in [6, 6.07) is 23.7. The zero-order valence-corrected chi connectivity index (χ0v) is 22.5. The lowest BCUT2D eigenvalue weighted by molar-refractivity contribution is 0.670. The second-order valence-electron chi connectivity index (χ2n) is 9.19. The average molecular weight is 552 g/mol. The molecule has 0 bridgehead atoms. The molecule has 0 aliphatic heterocycles. The van der Waals surface area contributed by atoms with Gasteiger partial charge in [-0.1, -0.05) is 88.6 Å². The average Bonchev–Trinajstić information content (AvgIpc) is 3.32. The molecule has 2 heterocycles. The monoisotopic (exact) mass is 550 g/mol. The van der Waals surface area contributed by atoms with Crippen LogP contribution in [0.15, 0.2) is 72.8 Å². The van der Waals surface area contributed by atoms with Crippen LogP contribution in [0.1, 0.15) is 29.0 Å². The lowest BCUT2D eigenvalue weighted by atomic mass is 9.97. The molecule has 0 N–H and O–H groups in total. The first-order valence-corrected chi connectivity index (χ1v) is 13.6. The summed E-state index contributed by atoms with van der Waals surface area (Å²) in [6.07, 6.45) is 3.23. The van der Waals surface area contributed by atoms with Gasteiger partial charge in [-0.2, -0.15) is 5.10 Å². The largest absolute Gasteiger partial charge is 0.231 e. The molecule has 1 fully saturated rings. The third-order valence-corrected chi connectivity index (χ3v) is 8.66. The fourth-order valence-corrected chi connectivity index (χ4v) is 6.35. The summed E-state index contributed by atoms with van der Waals surface area (Å²) in [5.41, 5.74) is 5.85. The quantitative estimate of drug-likeness (QED) is 0.212. The fourth-order valence-electron chi connectivity index (χ4n) is 4.61. The van der Waals surface area contributed by atoms with Crippen LogP contribution >= 0.6 is 46.1 Å². The van der Waals surface area contributed by atoms with Crippen LogP contribution in [0.2, 0.25) is 15.1 Å². The van der Waals surface area contributed by atoms with Gasteiger partial charge in [-0.25, -0.2) is 4.68 Å². The standard InChI is InChI=1S/C28H21Cl3N4S/c1-17-24(26-32-33-27(36-26)28(13-14-28)16-18-5-3-2-4-6-18)34-35(23-12-11-21(30)15-22(23)31)25(17)19-7-9-20(29)10-8-19/h2-12,15H,13-14,16H2,1H3. The Morgan fingerprint density at radius 1 is 0.889 bits per heavy atom. The van der Waals surface area contributed by atoms with Crippen LogP contribution in [-0.2, 0) is 11.8 Å². The normalized spacial score (nSPS) is 14.2. The highest BCUT2D eigenvalue weighted by Gasteiger charge is 2.47. The number of benzene rings is 3. The molecule has 0 radical (unpaired) electrons. The minimum Gasteiger partial charge on any atom is -0.231 e. The summed E-state index contributed by atoms with van der Waals surface area (Å²) < 4.78 is 1.87. The van der Waals surface area contributed by atoms with E-state index in [1.165, 1.54) is 5.56 Å². The molecular formula is C28H21Cl3N4S. The van der Waals surface area contributed by atoms with Crippen LogP contribution < -0.4 is 0 Å². The van der Waals surface area contributed by atoms with Crippen molar-refractivity contribution < 1.29 is 0 Å². The Kier molecular flexibility index (Phi) is 6.12. The van der Waals surface area contributed by atoms with Gasteiger partial charge in [-0.05, 0) is 62.1 Å². The van der Waals surface area contributed by atoms with Crippen LogP contribution in [0.25, 0.3) is 27.6 Å².